The molecule has 0 bridgehead atoms. The summed E-state index contributed by atoms with van der Waals surface area (Å²) in [6.07, 6.45) is 8.19. The fourth-order valence-electron chi connectivity index (χ4n) is 3.73. The highest BCUT2D eigenvalue weighted by molar-refractivity contribution is 8.18. The van der Waals surface area contributed by atoms with Gasteiger partial charge in [-0.15, -0.1) is 5.10 Å². The van der Waals surface area contributed by atoms with Gasteiger partial charge in [0.25, 0.3) is 11.8 Å². The SMILES string of the molecule is Cc1ccc(NC(=O)COc2ccccc2/C=C2\S/C(=N/N=C\c3cccnc3)N(Cc3ccco3)C2=O)cc1. The van der Waals surface area contributed by atoms with Gasteiger partial charge in [0.05, 0.1) is 23.9 Å². The van der Waals surface area contributed by atoms with Crippen molar-refractivity contribution < 1.29 is 18.7 Å². The molecule has 1 aliphatic heterocycles. The molecule has 1 N–H and O–H groups in total. The van der Waals surface area contributed by atoms with Crippen LogP contribution in [0.25, 0.3) is 6.08 Å². The van der Waals surface area contributed by atoms with Crippen LogP contribution in [0.3, 0.4) is 0 Å². The van der Waals surface area contributed by atoms with E-state index in [0.29, 0.717) is 32.8 Å². The summed E-state index contributed by atoms with van der Waals surface area (Å²) in [5, 5.41) is 11.7. The molecule has 2 aromatic carbocycles. The van der Waals surface area contributed by atoms with Gasteiger partial charge in [-0.2, -0.15) is 5.10 Å². The lowest BCUT2D eigenvalue weighted by atomic mass is 10.2. The third-order valence-electron chi connectivity index (χ3n) is 5.72. The maximum absolute atomic E-state index is 13.4. The van der Waals surface area contributed by atoms with Gasteiger partial charge in [-0.3, -0.25) is 19.5 Å². The van der Waals surface area contributed by atoms with Gasteiger partial charge in [0, 0.05) is 29.2 Å². The summed E-state index contributed by atoms with van der Waals surface area (Å²) in [4.78, 5) is 31.9. The number of nitrogens with one attached hydrogen (secondary N) is 1. The lowest BCUT2D eigenvalue weighted by molar-refractivity contribution is -0.122. The Balaban J connectivity index is 1.33. The van der Waals surface area contributed by atoms with Gasteiger partial charge in [0.2, 0.25) is 0 Å². The minimum Gasteiger partial charge on any atom is -0.483 e. The van der Waals surface area contributed by atoms with Crippen molar-refractivity contribution in [1.29, 1.82) is 0 Å². The van der Waals surface area contributed by atoms with E-state index in [1.165, 1.54) is 16.7 Å². The smallest absolute Gasteiger partial charge is 0.267 e. The second-order valence-corrected chi connectivity index (χ2v) is 9.74. The molecule has 1 aliphatic rings. The maximum Gasteiger partial charge on any atom is 0.267 e. The van der Waals surface area contributed by atoms with Gasteiger partial charge in [-0.1, -0.05) is 42.0 Å². The number of amides is 2. The number of carbonyl (C=O) groups is 2. The van der Waals surface area contributed by atoms with Gasteiger partial charge in [0.1, 0.15) is 11.5 Å². The number of aromatic nitrogens is 1. The molecule has 1 fully saturated rings. The molecule has 2 amide bonds. The first-order valence-corrected chi connectivity index (χ1v) is 13.2. The molecule has 0 atom stereocenters. The molecule has 0 radical (unpaired) electrons. The second kappa shape index (κ2) is 12.7. The first-order valence-electron chi connectivity index (χ1n) is 12.4. The van der Waals surface area contributed by atoms with E-state index in [-0.39, 0.29) is 25.0 Å². The molecule has 5 rings (SSSR count). The third-order valence-corrected chi connectivity index (χ3v) is 6.71. The molecule has 0 saturated carbocycles. The minimum atomic E-state index is -0.289. The van der Waals surface area contributed by atoms with Crippen LogP contribution in [0.1, 0.15) is 22.5 Å². The zero-order chi connectivity index (χ0) is 27.7. The van der Waals surface area contributed by atoms with E-state index >= 15 is 0 Å². The Hall–Kier alpha value is -4.96. The highest BCUT2D eigenvalue weighted by atomic mass is 32.2. The highest BCUT2D eigenvalue weighted by Gasteiger charge is 2.34. The number of para-hydroxylation sites is 1. The van der Waals surface area contributed by atoms with Crippen molar-refractivity contribution in [2.24, 2.45) is 10.2 Å². The van der Waals surface area contributed by atoms with E-state index in [4.69, 9.17) is 9.15 Å². The zero-order valence-electron chi connectivity index (χ0n) is 21.6. The predicted molar refractivity (Wildman–Crippen MR) is 156 cm³/mol. The zero-order valence-corrected chi connectivity index (χ0v) is 22.4. The van der Waals surface area contributed by atoms with Crippen LogP contribution in [0, 0.1) is 6.92 Å². The Kier molecular flexibility index (Phi) is 8.47. The molecule has 9 nitrogen and oxygen atoms in total. The van der Waals surface area contributed by atoms with E-state index in [1.54, 1.807) is 55.2 Å². The lowest BCUT2D eigenvalue weighted by Crippen LogP contribution is -2.28. The van der Waals surface area contributed by atoms with Crippen molar-refractivity contribution in [2.75, 3.05) is 11.9 Å². The molecule has 4 aromatic rings. The number of hydrogen-bond donors (Lipinski definition) is 1. The second-order valence-electron chi connectivity index (χ2n) is 8.74. The largest absolute Gasteiger partial charge is 0.483 e. The summed E-state index contributed by atoms with van der Waals surface area (Å²) < 4.78 is 11.3. The predicted octanol–water partition coefficient (Wildman–Crippen LogP) is 5.51. The Morgan fingerprint density at radius 1 is 1.10 bits per heavy atom. The number of nitrogens with zero attached hydrogens (tertiary/aromatic N) is 4. The molecule has 1 saturated heterocycles. The molecule has 0 spiro atoms. The van der Waals surface area contributed by atoms with Crippen molar-refractivity contribution in [2.45, 2.75) is 13.5 Å². The third kappa shape index (κ3) is 6.91. The maximum atomic E-state index is 13.4. The van der Waals surface area contributed by atoms with Crippen molar-refractivity contribution in [3.05, 3.63) is 119 Å². The molecule has 0 unspecified atom stereocenters. The van der Waals surface area contributed by atoms with Gasteiger partial charge in [-0.25, -0.2) is 0 Å². The first-order chi connectivity index (χ1) is 19.5. The monoisotopic (exact) mass is 551 g/mol. The van der Waals surface area contributed by atoms with Crippen LogP contribution >= 0.6 is 11.8 Å². The van der Waals surface area contributed by atoms with E-state index in [0.717, 1.165) is 11.1 Å². The normalized spacial score (nSPS) is 15.3. The summed E-state index contributed by atoms with van der Waals surface area (Å²) in [5.74, 6) is 0.550. The van der Waals surface area contributed by atoms with E-state index in [1.807, 2.05) is 55.5 Å². The van der Waals surface area contributed by atoms with Crippen LogP contribution in [-0.2, 0) is 16.1 Å². The number of carbonyl (C=O) groups excluding carboxylic acids is 2. The number of benzene rings is 2. The Labute approximate surface area is 235 Å². The van der Waals surface area contributed by atoms with Gasteiger partial charge in [-0.05, 0) is 61.2 Å². The van der Waals surface area contributed by atoms with E-state index < -0.39 is 0 Å². The molecule has 10 heteroatoms. The number of aryl methyl sites for hydroxylation is 1. The number of amidine groups is 1. The quantitative estimate of drug-likeness (QED) is 0.167. The van der Waals surface area contributed by atoms with Crippen molar-refractivity contribution in [3.63, 3.8) is 0 Å². The van der Waals surface area contributed by atoms with Crippen LogP contribution in [-0.4, -0.2) is 39.7 Å². The Bertz CT molecular complexity index is 1570. The van der Waals surface area contributed by atoms with Crippen LogP contribution in [0.2, 0.25) is 0 Å². The van der Waals surface area contributed by atoms with Gasteiger partial charge < -0.3 is 14.5 Å². The van der Waals surface area contributed by atoms with Gasteiger partial charge >= 0.3 is 0 Å². The van der Waals surface area contributed by atoms with Crippen LogP contribution in [0.5, 0.6) is 5.75 Å². The number of ether oxygens (including phenoxy) is 1. The molecule has 0 aliphatic carbocycles. The average Bonchev–Trinajstić information content (AvgIpc) is 3.59. The number of hydrogen-bond acceptors (Lipinski definition) is 8. The summed E-state index contributed by atoms with van der Waals surface area (Å²) in [7, 11) is 0. The average molecular weight is 552 g/mol. The molecule has 40 heavy (non-hydrogen) atoms. The van der Waals surface area contributed by atoms with Crippen molar-refractivity contribution in [3.8, 4) is 5.75 Å². The van der Waals surface area contributed by atoms with E-state index in [2.05, 4.69) is 20.5 Å². The Morgan fingerprint density at radius 3 is 2.73 bits per heavy atom. The molecule has 2 aromatic heterocycles. The first kappa shape index (κ1) is 26.6. The summed E-state index contributed by atoms with van der Waals surface area (Å²) in [5.41, 5.74) is 3.23. The van der Waals surface area contributed by atoms with Crippen LogP contribution in [0.15, 0.2) is 111 Å². The molecular formula is C30H25N5O4S. The number of rotatable bonds is 9. The summed E-state index contributed by atoms with van der Waals surface area (Å²) >= 11 is 1.20. The number of anilines is 1. The number of pyridine rings is 1. The summed E-state index contributed by atoms with van der Waals surface area (Å²) in [6, 6.07) is 21.9. The lowest BCUT2D eigenvalue weighted by Gasteiger charge is -2.12. The fraction of sp³-hybridized carbons (Fsp3) is 0.100. The molecule has 3 heterocycles. The number of furan rings is 1. The summed E-state index contributed by atoms with van der Waals surface area (Å²) in [6.45, 7) is 2.00. The standard InChI is InChI=1S/C30H25N5O4S/c1-21-10-12-24(13-11-21)33-28(36)20-39-26-9-3-2-7-23(26)16-27-29(37)35(19-25-8-5-15-38-25)30(40-27)34-32-18-22-6-4-14-31-17-22/h2-18H,19-20H2,1H3,(H,33,36)/b27-16-,32-18-,34-30+. The fourth-order valence-corrected chi connectivity index (χ4v) is 4.65. The van der Waals surface area contributed by atoms with Crippen molar-refractivity contribution in [1.82, 2.24) is 9.88 Å². The Morgan fingerprint density at radius 2 is 1.95 bits per heavy atom. The van der Waals surface area contributed by atoms with Crippen LogP contribution in [0.4, 0.5) is 5.69 Å². The van der Waals surface area contributed by atoms with E-state index in [9.17, 15) is 9.59 Å². The minimum absolute atomic E-state index is 0.185. The van der Waals surface area contributed by atoms with Gasteiger partial charge in [0.15, 0.2) is 11.8 Å². The molecular weight excluding hydrogens is 526 g/mol. The topological polar surface area (TPSA) is 109 Å². The molecule has 200 valence electrons. The van der Waals surface area contributed by atoms with Crippen molar-refractivity contribution >= 4 is 46.7 Å². The number of thioether (sulfide) groups is 1. The highest BCUT2D eigenvalue weighted by Crippen LogP contribution is 2.35. The van der Waals surface area contributed by atoms with Crippen LogP contribution < -0.4 is 10.1 Å².